The minimum atomic E-state index is -5.01. The number of esters is 1. The molecule has 0 spiro atoms. The van der Waals surface area contributed by atoms with E-state index in [-0.39, 0.29) is 90.1 Å². The van der Waals surface area contributed by atoms with Crippen LogP contribution in [0.2, 0.25) is 0 Å². The topological polar surface area (TPSA) is 316 Å². The Balaban J connectivity index is 0.893. The summed E-state index contributed by atoms with van der Waals surface area (Å²) in [5, 5.41) is 0. The van der Waals surface area contributed by atoms with Crippen LogP contribution in [-0.4, -0.2) is 118 Å². The first-order valence-corrected chi connectivity index (χ1v) is 35.6. The van der Waals surface area contributed by atoms with E-state index in [4.69, 9.17) is 30.9 Å². The van der Waals surface area contributed by atoms with E-state index in [2.05, 4.69) is 48.5 Å². The SMILES string of the molecule is CC(=O)O[C@@H]1[C@H](C)[C@@H]2[C@@H](OS(=O)(=O)O)CC3=C(CC[C@]4(C)[C@@H]([C@H](C)[C@H]5C[C@H]6C[C@](C)(OC6(C)C)[C@H](CC[C@@H](C)[C@H]6CC[C@H]7C8=C(CC[C@]67C)[C@@]6(C)C[C@@H](OS(=O)(=O)O)C(=O)[C@@H](C)[C@@H]6[C@@H](OS(=O)(=O)O)C8)O5)CC[C@@H]34)[C@@]2(C)C[C@@H]1OS(=O)(=O)O. The highest BCUT2D eigenvalue weighted by Gasteiger charge is 2.66. The molecule has 2 heterocycles. The van der Waals surface area contributed by atoms with Gasteiger partial charge in [0.15, 0.2) is 5.78 Å². The Morgan fingerprint density at radius 1 is 0.663 bits per heavy atom. The second-order valence-corrected chi connectivity index (χ2v) is 33.4. The van der Waals surface area contributed by atoms with Crippen LogP contribution in [0, 0.1) is 86.8 Å². The highest BCUT2D eigenvalue weighted by molar-refractivity contribution is 7.81. The van der Waals surface area contributed by atoms with Crippen molar-refractivity contribution >= 4 is 53.3 Å². The molecule has 83 heavy (non-hydrogen) atoms. The van der Waals surface area contributed by atoms with Crippen LogP contribution in [0.3, 0.4) is 0 Å². The van der Waals surface area contributed by atoms with Crippen molar-refractivity contribution in [1.29, 1.82) is 0 Å². The van der Waals surface area contributed by atoms with Crippen LogP contribution in [0.15, 0.2) is 22.3 Å². The van der Waals surface area contributed by atoms with Gasteiger partial charge < -0.3 is 14.2 Å². The third-order valence-corrected chi connectivity index (χ3v) is 26.4. The number of ether oxygens (including phenoxy) is 3. The fraction of sp³-hybridized carbons (Fsp3) is 0.897. The zero-order valence-electron chi connectivity index (χ0n) is 50.1. The number of carbonyl (C=O) groups excluding carboxylic acids is 2. The first kappa shape index (κ1) is 64.0. The predicted octanol–water partition coefficient (Wildman–Crippen LogP) is 9.40. The number of allylic oxidation sites excluding steroid dienone is 2. The highest BCUT2D eigenvalue weighted by Crippen LogP contribution is 2.70. The normalized spacial score (nSPS) is 46.0. The molecule has 25 heteroatoms. The van der Waals surface area contributed by atoms with E-state index in [0.717, 1.165) is 86.5 Å². The van der Waals surface area contributed by atoms with Gasteiger partial charge in [0, 0.05) is 30.6 Å². The summed E-state index contributed by atoms with van der Waals surface area (Å²) in [6.45, 7) is 24.2. The maximum Gasteiger partial charge on any atom is 0.398 e. The lowest BCUT2D eigenvalue weighted by molar-refractivity contribution is -0.200. The fourth-order valence-electron chi connectivity index (χ4n) is 21.5. The van der Waals surface area contributed by atoms with Gasteiger partial charge in [-0.2, -0.15) is 33.7 Å². The van der Waals surface area contributed by atoms with Gasteiger partial charge in [0.2, 0.25) is 0 Å². The van der Waals surface area contributed by atoms with Crippen molar-refractivity contribution in [3.63, 3.8) is 0 Å². The number of ketones is 1. The van der Waals surface area contributed by atoms with Crippen molar-refractivity contribution in [2.75, 3.05) is 0 Å². The zero-order chi connectivity index (χ0) is 61.1. The number of hydrogen-bond acceptors (Lipinski definition) is 17. The zero-order valence-corrected chi connectivity index (χ0v) is 53.3. The Hall–Kier alpha value is -1.98. The monoisotopic (exact) mass is 1250 g/mol. The second kappa shape index (κ2) is 21.3. The van der Waals surface area contributed by atoms with Gasteiger partial charge in [0.05, 0.1) is 35.6 Å². The van der Waals surface area contributed by atoms with Crippen LogP contribution in [0.25, 0.3) is 0 Å². The van der Waals surface area contributed by atoms with Crippen molar-refractivity contribution in [2.45, 2.75) is 240 Å². The van der Waals surface area contributed by atoms with Crippen molar-refractivity contribution in [2.24, 2.45) is 86.8 Å². The Morgan fingerprint density at radius 2 is 1.16 bits per heavy atom. The number of hydrogen-bond donors (Lipinski definition) is 4. The van der Waals surface area contributed by atoms with E-state index in [1.165, 1.54) is 6.92 Å². The Morgan fingerprint density at radius 3 is 1.69 bits per heavy atom. The molecule has 10 aliphatic rings. The lowest BCUT2D eigenvalue weighted by Gasteiger charge is -2.59. The summed E-state index contributed by atoms with van der Waals surface area (Å²) in [5.41, 5.74) is 0.874. The van der Waals surface area contributed by atoms with Crippen LogP contribution in [0.5, 0.6) is 0 Å². The van der Waals surface area contributed by atoms with Gasteiger partial charge in [0.1, 0.15) is 18.3 Å². The summed E-state index contributed by atoms with van der Waals surface area (Å²) >= 11 is 0. The standard InChI is InChI=1S/C58H90O21S4/c1-29(37-14-16-39-35-24-44(75-80(61,62)63)49-31(3)51(60)46(77-82(67,68)69)27-56(49,10)41(35)19-21-54(37,39)8)13-18-48-58(12)26-34(53(6,7)79-58)23-43(74-48)30(2)38-15-17-40-36-25-45(76-81(64,65)66)50-32(4)52(73-33(5)59)47(78-83(70,71)72)28-57(50,11)42(36)20-22-55(38,40)9/h29-32,34,37-40,43-50,52H,13-28H2,1-12H3,(H,61,62,63)(H,64,65,66)(H,67,68,69)(H,70,71,72)/t29-,30+,31+,32-,34+,37-,38-,39+,40+,43-,44+,45+,46-,47+,48+,49-,50-,52-,54-,55-,56-,57-,58+/m1/s1. The second-order valence-electron chi connectivity index (χ2n) is 29.3. The molecule has 8 aliphatic carbocycles. The first-order chi connectivity index (χ1) is 38.0. The van der Waals surface area contributed by atoms with Crippen LogP contribution in [0.1, 0.15) is 186 Å². The van der Waals surface area contributed by atoms with E-state index >= 15 is 0 Å². The molecule has 2 aliphatic heterocycles. The molecule has 0 unspecified atom stereocenters. The van der Waals surface area contributed by atoms with Crippen molar-refractivity contribution in [3.05, 3.63) is 22.3 Å². The maximum absolute atomic E-state index is 13.6. The van der Waals surface area contributed by atoms with E-state index in [1.54, 1.807) is 13.8 Å². The van der Waals surface area contributed by atoms with Gasteiger partial charge in [0.25, 0.3) is 0 Å². The smallest absolute Gasteiger partial charge is 0.398 e. The van der Waals surface area contributed by atoms with Crippen molar-refractivity contribution in [3.8, 4) is 0 Å². The molecule has 21 nitrogen and oxygen atoms in total. The third-order valence-electron chi connectivity index (χ3n) is 24.5. The fourth-order valence-corrected chi connectivity index (χ4v) is 23.4. The lowest BCUT2D eigenvalue weighted by Crippen LogP contribution is -2.60. The molecule has 472 valence electrons. The third kappa shape index (κ3) is 11.5. The molecule has 0 aromatic carbocycles. The van der Waals surface area contributed by atoms with Crippen LogP contribution in [-0.2, 0) is 82.1 Å². The maximum atomic E-state index is 13.6. The first-order valence-electron chi connectivity index (χ1n) is 30.2. The molecule has 0 radical (unpaired) electrons. The molecule has 4 N–H and O–H groups in total. The average molecular weight is 1250 g/mol. The Bertz CT molecular complexity index is 3140. The molecule has 4 saturated carbocycles. The van der Waals surface area contributed by atoms with Gasteiger partial charge in [-0.1, -0.05) is 77.7 Å². The Kier molecular flexibility index (Phi) is 16.5. The molecule has 0 amide bonds. The molecular weight excluding hydrogens is 1160 g/mol. The Labute approximate surface area is 492 Å². The van der Waals surface area contributed by atoms with E-state index in [9.17, 15) is 61.5 Å². The summed E-state index contributed by atoms with van der Waals surface area (Å²) in [5.74, 6) is -3.26. The molecule has 6 fully saturated rings. The summed E-state index contributed by atoms with van der Waals surface area (Å²) in [6.07, 6.45) is 3.30. The summed E-state index contributed by atoms with van der Waals surface area (Å²) < 4.78 is 180. The molecule has 23 atom stereocenters. The molecular formula is C58H90O21S4. The van der Waals surface area contributed by atoms with Crippen molar-refractivity contribution < 1.29 is 92.4 Å². The summed E-state index contributed by atoms with van der Waals surface area (Å²) in [4.78, 5) is 26.0. The van der Waals surface area contributed by atoms with Gasteiger partial charge in [-0.05, 0) is 187 Å². The lowest BCUT2D eigenvalue weighted by atomic mass is 9.47. The van der Waals surface area contributed by atoms with Crippen LogP contribution >= 0.6 is 0 Å². The molecule has 10 rings (SSSR count). The van der Waals surface area contributed by atoms with Gasteiger partial charge >= 0.3 is 47.6 Å². The summed E-state index contributed by atoms with van der Waals surface area (Å²) in [7, 11) is -20.0. The molecule has 0 aromatic rings. The predicted molar refractivity (Wildman–Crippen MR) is 300 cm³/mol. The summed E-state index contributed by atoms with van der Waals surface area (Å²) in [6, 6.07) is 0. The van der Waals surface area contributed by atoms with Gasteiger partial charge in [-0.15, -0.1) is 0 Å². The largest absolute Gasteiger partial charge is 0.459 e. The van der Waals surface area contributed by atoms with Gasteiger partial charge in [-0.25, -0.2) is 16.7 Å². The number of Topliss-reactive ketones (excluding diaryl/α,β-unsaturated/α-hetero) is 1. The highest BCUT2D eigenvalue weighted by atomic mass is 32.3. The van der Waals surface area contributed by atoms with Crippen LogP contribution < -0.4 is 0 Å². The van der Waals surface area contributed by atoms with Gasteiger partial charge in [-0.3, -0.25) is 27.8 Å². The van der Waals surface area contributed by atoms with E-state index in [1.807, 2.05) is 13.8 Å². The average Bonchev–Trinajstić information content (AvgIpc) is 1.78. The number of fused-ring (bicyclic) bond motifs is 10. The molecule has 0 aromatic heterocycles. The molecule has 2 bridgehead atoms. The van der Waals surface area contributed by atoms with Crippen molar-refractivity contribution in [1.82, 2.24) is 0 Å². The molecule has 2 saturated heterocycles. The number of carbonyl (C=O) groups is 2. The van der Waals surface area contributed by atoms with Crippen LogP contribution in [0.4, 0.5) is 0 Å². The van der Waals surface area contributed by atoms with E-state index in [0.29, 0.717) is 12.8 Å². The quantitative estimate of drug-likeness (QED) is 0.0673. The minimum absolute atomic E-state index is 0.00344. The van der Waals surface area contributed by atoms with E-state index < -0.39 is 130 Å². The minimum Gasteiger partial charge on any atom is -0.459 e. The number of rotatable bonds is 15.